The Morgan fingerprint density at radius 3 is 2.46 bits per heavy atom. The number of carbonyl (C=O) groups excluding carboxylic acids is 1. The molecule has 0 aliphatic carbocycles. The number of carbonyl (C=O) groups is 1. The van der Waals surface area contributed by atoms with E-state index in [1.54, 1.807) is 43.5 Å². The lowest BCUT2D eigenvalue weighted by Crippen LogP contribution is -2.37. The van der Waals surface area contributed by atoms with Crippen LogP contribution >= 0.6 is 0 Å². The van der Waals surface area contributed by atoms with Crippen molar-refractivity contribution < 1.29 is 17.9 Å². The Hall–Kier alpha value is -3.62. The summed E-state index contributed by atoms with van der Waals surface area (Å²) in [5.74, 6) is 0.455. The van der Waals surface area contributed by atoms with Gasteiger partial charge in [-0.1, -0.05) is 48.5 Å². The summed E-state index contributed by atoms with van der Waals surface area (Å²) in [7, 11) is -2.26. The molecule has 1 N–H and O–H groups in total. The van der Waals surface area contributed by atoms with Crippen molar-refractivity contribution in [2.75, 3.05) is 37.6 Å². The first-order valence-electron chi connectivity index (χ1n) is 12.4. The van der Waals surface area contributed by atoms with E-state index in [9.17, 15) is 13.2 Å². The number of nitrogens with zero attached hydrogens (tertiary/aromatic N) is 2. The highest BCUT2D eigenvalue weighted by molar-refractivity contribution is 7.92. The largest absolute Gasteiger partial charge is 0.496 e. The van der Waals surface area contributed by atoms with Gasteiger partial charge in [0.25, 0.3) is 15.9 Å². The van der Waals surface area contributed by atoms with Crippen molar-refractivity contribution in [3.8, 4) is 5.75 Å². The Balaban J connectivity index is 1.56. The van der Waals surface area contributed by atoms with E-state index in [0.29, 0.717) is 12.2 Å². The number of amides is 1. The van der Waals surface area contributed by atoms with E-state index in [1.807, 2.05) is 30.3 Å². The van der Waals surface area contributed by atoms with Gasteiger partial charge in [0.2, 0.25) is 0 Å². The third-order valence-electron chi connectivity index (χ3n) is 6.56. The van der Waals surface area contributed by atoms with Crippen LogP contribution in [0.1, 0.15) is 34.8 Å². The summed E-state index contributed by atoms with van der Waals surface area (Å²) in [5.41, 5.74) is 1.84. The maximum absolute atomic E-state index is 13.5. The number of hydrogen-bond acceptors (Lipinski definition) is 5. The van der Waals surface area contributed by atoms with Gasteiger partial charge in [0, 0.05) is 17.7 Å². The fourth-order valence-corrected chi connectivity index (χ4v) is 6.18. The monoisotopic (exact) mass is 519 g/mol. The summed E-state index contributed by atoms with van der Waals surface area (Å²) in [6, 6.07) is 22.8. The van der Waals surface area contributed by atoms with Crippen molar-refractivity contribution >= 4 is 21.6 Å². The Labute approximate surface area is 219 Å². The maximum Gasteiger partial charge on any atom is 0.264 e. The number of ether oxygens (including phenoxy) is 1. The quantitative estimate of drug-likeness (QED) is 0.373. The molecule has 1 aliphatic rings. The molecule has 3 aromatic rings. The van der Waals surface area contributed by atoms with Crippen LogP contribution < -0.4 is 14.4 Å². The number of nitrogens with one attached hydrogen (secondary N) is 1. The summed E-state index contributed by atoms with van der Waals surface area (Å²) in [4.78, 5) is 15.6. The minimum Gasteiger partial charge on any atom is -0.496 e. The number of sulfonamides is 1. The van der Waals surface area contributed by atoms with Gasteiger partial charge in [-0.2, -0.15) is 0 Å². The van der Waals surface area contributed by atoms with Gasteiger partial charge in [0.15, 0.2) is 0 Å². The summed E-state index contributed by atoms with van der Waals surface area (Å²) in [6.45, 7) is 6.09. The van der Waals surface area contributed by atoms with Crippen LogP contribution in [0.2, 0.25) is 0 Å². The third-order valence-corrected chi connectivity index (χ3v) is 8.35. The molecule has 1 atom stereocenters. The lowest BCUT2D eigenvalue weighted by molar-refractivity contribution is 0.0937. The van der Waals surface area contributed by atoms with Crippen LogP contribution in [0, 0.1) is 0 Å². The second-order valence-electron chi connectivity index (χ2n) is 8.90. The molecule has 0 spiro atoms. The van der Waals surface area contributed by atoms with Crippen LogP contribution in [-0.2, 0) is 10.0 Å². The van der Waals surface area contributed by atoms with Gasteiger partial charge in [-0.05, 0) is 62.3 Å². The van der Waals surface area contributed by atoms with Crippen LogP contribution in [0.3, 0.4) is 0 Å². The highest BCUT2D eigenvalue weighted by Gasteiger charge is 2.28. The van der Waals surface area contributed by atoms with E-state index < -0.39 is 10.0 Å². The summed E-state index contributed by atoms with van der Waals surface area (Å²) >= 11 is 0. The zero-order chi connectivity index (χ0) is 26.3. The first-order chi connectivity index (χ1) is 18.0. The van der Waals surface area contributed by atoms with Crippen molar-refractivity contribution in [2.45, 2.75) is 23.8 Å². The van der Waals surface area contributed by atoms with E-state index >= 15 is 0 Å². The van der Waals surface area contributed by atoms with Crippen molar-refractivity contribution in [3.05, 3.63) is 103 Å². The Morgan fingerprint density at radius 1 is 1.05 bits per heavy atom. The average Bonchev–Trinajstić information content (AvgIpc) is 3.47. The molecule has 3 aromatic carbocycles. The lowest BCUT2D eigenvalue weighted by atomic mass is 10.0. The fourth-order valence-electron chi connectivity index (χ4n) is 4.70. The second-order valence-corrected chi connectivity index (χ2v) is 10.8. The highest BCUT2D eigenvalue weighted by Crippen LogP contribution is 2.31. The highest BCUT2D eigenvalue weighted by atomic mass is 32.2. The van der Waals surface area contributed by atoms with Crippen molar-refractivity contribution in [1.82, 2.24) is 10.2 Å². The minimum absolute atomic E-state index is 0.0457. The SMILES string of the molecule is C=CCN(c1ccccc1)S(=O)(=O)c1cccc(C(=O)NC[C@H](c2ccccc2OC)N2CCCC2)c1. The predicted molar refractivity (Wildman–Crippen MR) is 146 cm³/mol. The molecular weight excluding hydrogens is 486 g/mol. The van der Waals surface area contributed by atoms with E-state index in [2.05, 4.69) is 16.8 Å². The zero-order valence-corrected chi connectivity index (χ0v) is 21.9. The van der Waals surface area contributed by atoms with E-state index in [0.717, 1.165) is 37.2 Å². The molecule has 0 radical (unpaired) electrons. The lowest BCUT2D eigenvalue weighted by Gasteiger charge is -2.29. The maximum atomic E-state index is 13.5. The molecule has 194 valence electrons. The standard InChI is InChI=1S/C29H33N3O4S/c1-3-18-32(24-13-5-4-6-14-24)37(34,35)25-15-11-12-23(21-25)29(33)30-22-27(31-19-9-10-20-31)26-16-7-8-17-28(26)36-2/h3-8,11-17,21,27H,1,9-10,18-20,22H2,2H3,(H,30,33)/t27-/m1/s1. The number of hydrogen-bond donors (Lipinski definition) is 1. The Kier molecular flexibility index (Phi) is 8.63. The predicted octanol–water partition coefficient (Wildman–Crippen LogP) is 4.64. The van der Waals surface area contributed by atoms with Crippen LogP contribution in [0.15, 0.2) is 96.4 Å². The molecule has 1 fully saturated rings. The average molecular weight is 520 g/mol. The molecule has 7 nitrogen and oxygen atoms in total. The smallest absolute Gasteiger partial charge is 0.264 e. The molecule has 0 aromatic heterocycles. The zero-order valence-electron chi connectivity index (χ0n) is 21.0. The van der Waals surface area contributed by atoms with Gasteiger partial charge in [-0.25, -0.2) is 8.42 Å². The van der Waals surface area contributed by atoms with Crippen LogP contribution in [-0.4, -0.2) is 52.5 Å². The third kappa shape index (κ3) is 6.03. The summed E-state index contributed by atoms with van der Waals surface area (Å²) < 4.78 is 33.9. The number of rotatable bonds is 11. The molecular formula is C29H33N3O4S. The van der Waals surface area contributed by atoms with Crippen LogP contribution in [0.5, 0.6) is 5.75 Å². The molecule has 1 amide bonds. The van der Waals surface area contributed by atoms with Gasteiger partial charge in [-0.15, -0.1) is 6.58 Å². The number of methoxy groups -OCH3 is 1. The Morgan fingerprint density at radius 2 is 1.76 bits per heavy atom. The van der Waals surface area contributed by atoms with E-state index in [-0.39, 0.29) is 29.0 Å². The summed E-state index contributed by atoms with van der Waals surface area (Å²) in [6.07, 6.45) is 3.77. The molecule has 4 rings (SSSR count). The van der Waals surface area contributed by atoms with Crippen molar-refractivity contribution in [2.24, 2.45) is 0 Å². The van der Waals surface area contributed by atoms with Gasteiger partial charge in [0.1, 0.15) is 5.75 Å². The molecule has 37 heavy (non-hydrogen) atoms. The van der Waals surface area contributed by atoms with Gasteiger partial charge in [-0.3, -0.25) is 14.0 Å². The number of anilines is 1. The Bertz CT molecular complexity index is 1320. The number of likely N-dealkylation sites (tertiary alicyclic amines) is 1. The number of para-hydroxylation sites is 2. The van der Waals surface area contributed by atoms with Gasteiger partial charge in [0.05, 0.1) is 30.3 Å². The topological polar surface area (TPSA) is 79.0 Å². The van der Waals surface area contributed by atoms with E-state index in [4.69, 9.17) is 4.74 Å². The van der Waals surface area contributed by atoms with Gasteiger partial charge < -0.3 is 10.1 Å². The molecule has 0 bridgehead atoms. The minimum atomic E-state index is -3.91. The fraction of sp³-hybridized carbons (Fsp3) is 0.276. The van der Waals surface area contributed by atoms with E-state index in [1.165, 1.54) is 22.5 Å². The molecule has 1 saturated heterocycles. The first-order valence-corrected chi connectivity index (χ1v) is 13.8. The summed E-state index contributed by atoms with van der Waals surface area (Å²) in [5, 5.41) is 3.03. The van der Waals surface area contributed by atoms with Crippen LogP contribution in [0.25, 0.3) is 0 Å². The first kappa shape index (κ1) is 26.4. The molecule has 1 aliphatic heterocycles. The molecule has 0 unspecified atom stereocenters. The van der Waals surface area contributed by atoms with Crippen LogP contribution in [0.4, 0.5) is 5.69 Å². The normalized spacial score (nSPS) is 14.6. The molecule has 0 saturated carbocycles. The van der Waals surface area contributed by atoms with Crippen molar-refractivity contribution in [3.63, 3.8) is 0 Å². The molecule has 8 heteroatoms. The van der Waals surface area contributed by atoms with Crippen molar-refractivity contribution in [1.29, 1.82) is 0 Å². The second kappa shape index (κ2) is 12.1. The molecule has 1 heterocycles. The van der Waals surface area contributed by atoms with Gasteiger partial charge >= 0.3 is 0 Å². The number of benzene rings is 3.